The molecule has 0 fully saturated rings. The average Bonchev–Trinajstić information content (AvgIpc) is 2.71. The van der Waals surface area contributed by atoms with Crippen molar-refractivity contribution in [2.24, 2.45) is 5.41 Å². The van der Waals surface area contributed by atoms with E-state index in [9.17, 15) is 20.0 Å². The number of rotatable bonds is 2. The number of para-hydroxylation sites is 1. The molecule has 0 bridgehead atoms. The number of fused-ring (bicyclic) bond motifs is 4. The number of nitrogens with zero attached hydrogens (tertiary/aromatic N) is 1. The number of ketones is 1. The summed E-state index contributed by atoms with van der Waals surface area (Å²) in [4.78, 5) is 24.0. The molecule has 0 radical (unpaired) electrons. The highest BCUT2D eigenvalue weighted by Crippen LogP contribution is 2.53. The van der Waals surface area contributed by atoms with E-state index in [0.717, 1.165) is 27.6 Å². The Kier molecular flexibility index (Phi) is 4.15. The smallest absolute Gasteiger partial charge is 0.262 e. The van der Waals surface area contributed by atoms with E-state index >= 15 is 0 Å². The second kappa shape index (κ2) is 6.67. The van der Waals surface area contributed by atoms with Crippen molar-refractivity contribution < 1.29 is 14.8 Å². The molecule has 1 heterocycles. The van der Waals surface area contributed by atoms with Crippen molar-refractivity contribution in [2.75, 3.05) is 5.32 Å². The number of nitrogens with one attached hydrogen (secondary N) is 1. The number of anilines is 1. The van der Waals surface area contributed by atoms with Crippen LogP contribution in [0.15, 0.2) is 60.2 Å². The number of benzene rings is 3. The fourth-order valence-electron chi connectivity index (χ4n) is 4.98. The first kappa shape index (κ1) is 19.3. The Morgan fingerprint density at radius 1 is 1.03 bits per heavy atom. The number of Topliss-reactive ketones (excluding diaryl/α,β-unsaturated/α-hetero) is 1. The molecular formula is C25H21N2O4-. The molecule has 0 amide bonds. The van der Waals surface area contributed by atoms with E-state index < -0.39 is 22.4 Å². The minimum Gasteiger partial charge on any atom is -0.868 e. The summed E-state index contributed by atoms with van der Waals surface area (Å²) in [6, 6.07) is 15.6. The van der Waals surface area contributed by atoms with Gasteiger partial charge >= 0.3 is 0 Å². The maximum Gasteiger partial charge on any atom is 0.262 e. The summed E-state index contributed by atoms with van der Waals surface area (Å²) in [6.45, 7) is 4.14. The average molecular weight is 413 g/mol. The number of nitro benzene ring substituents is 1. The minimum atomic E-state index is -0.709. The quantitative estimate of drug-likeness (QED) is 0.464. The van der Waals surface area contributed by atoms with E-state index in [1.807, 2.05) is 36.4 Å². The van der Waals surface area contributed by atoms with E-state index in [4.69, 9.17) is 0 Å². The summed E-state index contributed by atoms with van der Waals surface area (Å²) in [5.41, 5.74) is 2.85. The zero-order valence-electron chi connectivity index (χ0n) is 17.3. The Morgan fingerprint density at radius 3 is 2.58 bits per heavy atom. The molecule has 0 saturated carbocycles. The third-order valence-corrected chi connectivity index (χ3v) is 6.27. The molecule has 1 N–H and O–H groups in total. The van der Waals surface area contributed by atoms with Gasteiger partial charge in [-0.15, -0.1) is 0 Å². The first-order valence-electron chi connectivity index (χ1n) is 10.3. The van der Waals surface area contributed by atoms with Gasteiger partial charge in [0.05, 0.1) is 11.0 Å². The molecular weight excluding hydrogens is 392 g/mol. The molecule has 0 spiro atoms. The third kappa shape index (κ3) is 2.98. The van der Waals surface area contributed by atoms with Crippen LogP contribution in [0.2, 0.25) is 0 Å². The fraction of sp³-hybridized carbons (Fsp3) is 0.240. The van der Waals surface area contributed by atoms with Crippen LogP contribution in [0.4, 0.5) is 11.4 Å². The summed E-state index contributed by atoms with van der Waals surface area (Å²) >= 11 is 0. The topological polar surface area (TPSA) is 95.3 Å². The molecule has 1 aliphatic carbocycles. The number of allylic oxidation sites excluding steroid dienone is 1. The van der Waals surface area contributed by atoms with Gasteiger partial charge in [-0.1, -0.05) is 56.3 Å². The third-order valence-electron chi connectivity index (χ3n) is 6.27. The predicted octanol–water partition coefficient (Wildman–Crippen LogP) is 5.13. The summed E-state index contributed by atoms with van der Waals surface area (Å²) in [5, 5.41) is 29.8. The van der Waals surface area contributed by atoms with Gasteiger partial charge in [-0.2, -0.15) is 0 Å². The Hall–Kier alpha value is -3.67. The summed E-state index contributed by atoms with van der Waals surface area (Å²) in [5.74, 6) is -0.674. The van der Waals surface area contributed by atoms with Gasteiger partial charge in [0.15, 0.2) is 5.78 Å². The Morgan fingerprint density at radius 2 is 1.81 bits per heavy atom. The van der Waals surface area contributed by atoms with E-state index in [2.05, 4.69) is 19.2 Å². The molecule has 1 aliphatic heterocycles. The maximum atomic E-state index is 13.4. The zero-order valence-corrected chi connectivity index (χ0v) is 17.3. The van der Waals surface area contributed by atoms with Crippen LogP contribution in [0, 0.1) is 15.5 Å². The highest BCUT2D eigenvalue weighted by Gasteiger charge is 2.41. The normalized spacial score (nSPS) is 19.5. The van der Waals surface area contributed by atoms with Gasteiger partial charge in [-0.05, 0) is 45.6 Å². The van der Waals surface area contributed by atoms with Gasteiger partial charge in [-0.25, -0.2) is 0 Å². The highest BCUT2D eigenvalue weighted by atomic mass is 16.6. The van der Waals surface area contributed by atoms with Gasteiger partial charge in [0.25, 0.3) is 5.69 Å². The lowest BCUT2D eigenvalue weighted by atomic mass is 9.67. The SMILES string of the molecule is CC1(C)CC(=O)C2=C(C1)c1c(ccc3ccccc13)N[C@H]2c1cccc([N+](=O)[O-])c1[O-]. The lowest BCUT2D eigenvalue weighted by Crippen LogP contribution is -2.33. The molecule has 3 aromatic carbocycles. The van der Waals surface area contributed by atoms with Crippen LogP contribution in [0.5, 0.6) is 5.75 Å². The minimum absolute atomic E-state index is 0.0201. The van der Waals surface area contributed by atoms with Crippen molar-refractivity contribution in [1.82, 2.24) is 0 Å². The summed E-state index contributed by atoms with van der Waals surface area (Å²) < 4.78 is 0. The van der Waals surface area contributed by atoms with Crippen LogP contribution in [0.25, 0.3) is 16.3 Å². The second-order valence-corrected chi connectivity index (χ2v) is 9.07. The number of hydrogen-bond donors (Lipinski definition) is 1. The van der Waals surface area contributed by atoms with E-state index in [1.165, 1.54) is 12.1 Å². The molecule has 2 aliphatic rings. The maximum absolute atomic E-state index is 13.4. The van der Waals surface area contributed by atoms with Gasteiger partial charge < -0.3 is 10.4 Å². The standard InChI is InChI=1S/C25H22N2O4/c1-25(2)12-17-21-15-7-4-3-6-14(15)10-11-18(21)26-23(22(17)20(28)13-25)16-8-5-9-19(24(16)29)27(30)31/h3-11,23,26,29H,12-13H2,1-2H3/p-1/t23-/m0/s1. The first-order valence-corrected chi connectivity index (χ1v) is 10.3. The van der Waals surface area contributed by atoms with Crippen LogP contribution in [0.1, 0.15) is 43.9 Å². The largest absolute Gasteiger partial charge is 0.868 e. The number of carbonyl (C=O) groups excluding carboxylic acids is 1. The molecule has 6 nitrogen and oxygen atoms in total. The van der Waals surface area contributed by atoms with Crippen LogP contribution in [-0.4, -0.2) is 10.7 Å². The van der Waals surface area contributed by atoms with Crippen LogP contribution >= 0.6 is 0 Å². The molecule has 6 heteroatoms. The summed E-state index contributed by atoms with van der Waals surface area (Å²) in [7, 11) is 0. The number of nitro groups is 1. The highest BCUT2D eigenvalue weighted by molar-refractivity contribution is 6.13. The Labute approximate surface area is 179 Å². The molecule has 31 heavy (non-hydrogen) atoms. The molecule has 156 valence electrons. The molecule has 1 atom stereocenters. The number of hydrogen-bond acceptors (Lipinski definition) is 5. The van der Waals surface area contributed by atoms with Gasteiger partial charge in [0, 0.05) is 29.3 Å². The lowest BCUT2D eigenvalue weighted by molar-refractivity contribution is -0.398. The monoisotopic (exact) mass is 413 g/mol. The van der Waals surface area contributed by atoms with Crippen LogP contribution in [0.3, 0.4) is 0 Å². The molecule has 0 aromatic heterocycles. The molecule has 0 unspecified atom stereocenters. The van der Waals surface area contributed by atoms with E-state index in [1.54, 1.807) is 6.07 Å². The van der Waals surface area contributed by atoms with E-state index in [0.29, 0.717) is 18.4 Å². The van der Waals surface area contributed by atoms with Crippen molar-refractivity contribution >= 4 is 33.5 Å². The van der Waals surface area contributed by atoms with E-state index in [-0.39, 0.29) is 16.8 Å². The van der Waals surface area contributed by atoms with Crippen molar-refractivity contribution in [3.8, 4) is 5.75 Å². The molecule has 0 saturated heterocycles. The Bertz CT molecular complexity index is 1310. The fourth-order valence-corrected chi connectivity index (χ4v) is 4.98. The first-order chi connectivity index (χ1) is 14.8. The van der Waals surface area contributed by atoms with Gasteiger partial charge in [0.1, 0.15) is 0 Å². The molecule has 5 rings (SSSR count). The van der Waals surface area contributed by atoms with Gasteiger partial charge in [0.2, 0.25) is 0 Å². The Balaban J connectivity index is 1.81. The van der Waals surface area contributed by atoms with Gasteiger partial charge in [-0.3, -0.25) is 14.9 Å². The van der Waals surface area contributed by atoms with Crippen molar-refractivity contribution in [1.29, 1.82) is 0 Å². The summed E-state index contributed by atoms with van der Waals surface area (Å²) in [6.07, 6.45) is 1.06. The van der Waals surface area contributed by atoms with Crippen LogP contribution in [-0.2, 0) is 4.79 Å². The van der Waals surface area contributed by atoms with Crippen molar-refractivity contribution in [3.63, 3.8) is 0 Å². The zero-order chi connectivity index (χ0) is 21.9. The second-order valence-electron chi connectivity index (χ2n) is 9.07. The van der Waals surface area contributed by atoms with Crippen LogP contribution < -0.4 is 10.4 Å². The molecule has 3 aromatic rings. The number of carbonyl (C=O) groups is 1. The van der Waals surface area contributed by atoms with Crippen molar-refractivity contribution in [3.05, 3.63) is 81.4 Å². The van der Waals surface area contributed by atoms with Crippen molar-refractivity contribution in [2.45, 2.75) is 32.7 Å². The lowest BCUT2D eigenvalue weighted by Gasteiger charge is -2.41. The predicted molar refractivity (Wildman–Crippen MR) is 118 cm³/mol.